The monoisotopic (exact) mass is 435 g/mol. The summed E-state index contributed by atoms with van der Waals surface area (Å²) in [7, 11) is -0.195. The smallest absolute Gasteiger partial charge is 0.302 e. The van der Waals surface area contributed by atoms with Gasteiger partial charge in [-0.1, -0.05) is 23.9 Å². The van der Waals surface area contributed by atoms with Gasteiger partial charge in [-0.3, -0.25) is 9.52 Å². The standard InChI is InChI=1S/C19H21N3O5S2/c1-26-17-9-6-14(10-18(17)27-2)16-12-28-19(23)22(20-16)11-13-4-7-15(8-5-13)21-29(3,24)25/h4-10,21H,11-12H2,1-3H3. The molecular weight excluding hydrogens is 414 g/mol. The predicted molar refractivity (Wildman–Crippen MR) is 114 cm³/mol. The molecule has 154 valence electrons. The third-order valence-electron chi connectivity index (χ3n) is 4.09. The average Bonchev–Trinajstić information content (AvgIpc) is 2.69. The molecule has 1 N–H and O–H groups in total. The molecule has 0 atom stereocenters. The maximum absolute atomic E-state index is 12.3. The van der Waals surface area contributed by atoms with E-state index in [-0.39, 0.29) is 11.8 Å². The Labute approximate surface area is 173 Å². The van der Waals surface area contributed by atoms with Crippen molar-refractivity contribution in [1.29, 1.82) is 0 Å². The molecule has 1 heterocycles. The van der Waals surface area contributed by atoms with Crippen molar-refractivity contribution >= 4 is 38.4 Å². The van der Waals surface area contributed by atoms with Crippen LogP contribution in [0.15, 0.2) is 47.6 Å². The number of hydrazone groups is 1. The Balaban J connectivity index is 1.79. The van der Waals surface area contributed by atoms with Crippen molar-refractivity contribution in [2.45, 2.75) is 6.54 Å². The van der Waals surface area contributed by atoms with Crippen LogP contribution in [0, 0.1) is 0 Å². The summed E-state index contributed by atoms with van der Waals surface area (Å²) in [5.41, 5.74) is 2.90. The molecule has 0 bridgehead atoms. The number of benzene rings is 2. The molecule has 0 aromatic heterocycles. The van der Waals surface area contributed by atoms with E-state index in [9.17, 15) is 13.2 Å². The van der Waals surface area contributed by atoms with Crippen LogP contribution in [0.1, 0.15) is 11.1 Å². The molecule has 0 saturated heterocycles. The Morgan fingerprint density at radius 1 is 1.10 bits per heavy atom. The lowest BCUT2D eigenvalue weighted by Gasteiger charge is -2.23. The summed E-state index contributed by atoms with van der Waals surface area (Å²) >= 11 is 1.18. The van der Waals surface area contributed by atoms with E-state index in [1.807, 2.05) is 12.1 Å². The van der Waals surface area contributed by atoms with Gasteiger partial charge in [0.15, 0.2) is 11.5 Å². The fourth-order valence-corrected chi connectivity index (χ4v) is 4.05. The number of rotatable bonds is 7. The highest BCUT2D eigenvalue weighted by atomic mass is 32.2. The van der Waals surface area contributed by atoms with Crippen LogP contribution >= 0.6 is 11.8 Å². The van der Waals surface area contributed by atoms with Crippen LogP contribution in [0.2, 0.25) is 0 Å². The van der Waals surface area contributed by atoms with E-state index in [1.54, 1.807) is 44.6 Å². The fraction of sp³-hybridized carbons (Fsp3) is 0.263. The Kier molecular flexibility index (Phi) is 6.33. The van der Waals surface area contributed by atoms with Crippen molar-refractivity contribution in [1.82, 2.24) is 5.01 Å². The van der Waals surface area contributed by atoms with Gasteiger partial charge >= 0.3 is 5.24 Å². The highest BCUT2D eigenvalue weighted by molar-refractivity contribution is 8.14. The highest BCUT2D eigenvalue weighted by Gasteiger charge is 2.23. The predicted octanol–water partition coefficient (Wildman–Crippen LogP) is 3.15. The van der Waals surface area contributed by atoms with Gasteiger partial charge in [0.25, 0.3) is 0 Å². The van der Waals surface area contributed by atoms with Gasteiger partial charge in [0, 0.05) is 17.0 Å². The Morgan fingerprint density at radius 2 is 1.79 bits per heavy atom. The van der Waals surface area contributed by atoms with Gasteiger partial charge < -0.3 is 9.47 Å². The van der Waals surface area contributed by atoms with Crippen LogP contribution in [0.4, 0.5) is 10.5 Å². The number of ether oxygens (including phenoxy) is 2. The zero-order valence-corrected chi connectivity index (χ0v) is 17.8. The van der Waals surface area contributed by atoms with Crippen molar-refractivity contribution in [2.75, 3.05) is 31.0 Å². The lowest BCUT2D eigenvalue weighted by Crippen LogP contribution is -2.29. The molecule has 10 heteroatoms. The molecule has 2 aromatic carbocycles. The summed E-state index contributed by atoms with van der Waals surface area (Å²) < 4.78 is 35.6. The van der Waals surface area contributed by atoms with Crippen molar-refractivity contribution < 1.29 is 22.7 Å². The molecule has 0 spiro atoms. The summed E-state index contributed by atoms with van der Waals surface area (Å²) in [6, 6.07) is 12.3. The second-order valence-corrected chi connectivity index (χ2v) is 8.97. The van der Waals surface area contributed by atoms with Gasteiger partial charge in [-0.25, -0.2) is 13.4 Å². The first-order chi connectivity index (χ1) is 13.8. The quantitative estimate of drug-likeness (QED) is 0.718. The molecule has 1 amide bonds. The van der Waals surface area contributed by atoms with E-state index in [4.69, 9.17) is 9.47 Å². The number of thioether (sulfide) groups is 1. The number of carbonyl (C=O) groups is 1. The minimum Gasteiger partial charge on any atom is -0.493 e. The largest absolute Gasteiger partial charge is 0.493 e. The van der Waals surface area contributed by atoms with Gasteiger partial charge in [0.05, 0.1) is 32.7 Å². The summed E-state index contributed by atoms with van der Waals surface area (Å²) in [4.78, 5) is 12.3. The number of nitrogens with one attached hydrogen (secondary N) is 1. The molecule has 1 aliphatic rings. The number of sulfonamides is 1. The summed E-state index contributed by atoms with van der Waals surface area (Å²) in [6.07, 6.45) is 1.09. The van der Waals surface area contributed by atoms with Crippen molar-refractivity contribution in [3.05, 3.63) is 53.6 Å². The fourth-order valence-electron chi connectivity index (χ4n) is 2.74. The van der Waals surface area contributed by atoms with E-state index >= 15 is 0 Å². The van der Waals surface area contributed by atoms with E-state index in [2.05, 4.69) is 9.82 Å². The van der Waals surface area contributed by atoms with E-state index in [1.165, 1.54) is 16.8 Å². The van der Waals surface area contributed by atoms with Crippen LogP contribution in [-0.2, 0) is 16.6 Å². The minimum atomic E-state index is -3.33. The zero-order valence-electron chi connectivity index (χ0n) is 16.2. The molecule has 2 aromatic rings. The molecule has 8 nitrogen and oxygen atoms in total. The molecule has 0 saturated carbocycles. The topological polar surface area (TPSA) is 97.3 Å². The summed E-state index contributed by atoms with van der Waals surface area (Å²) in [5.74, 6) is 1.67. The van der Waals surface area contributed by atoms with Gasteiger partial charge in [0.1, 0.15) is 0 Å². The second kappa shape index (κ2) is 8.75. The van der Waals surface area contributed by atoms with Crippen LogP contribution in [0.5, 0.6) is 11.5 Å². The molecule has 0 fully saturated rings. The van der Waals surface area contributed by atoms with Gasteiger partial charge in [-0.05, 0) is 35.9 Å². The summed E-state index contributed by atoms with van der Waals surface area (Å²) in [6.45, 7) is 0.280. The lowest BCUT2D eigenvalue weighted by atomic mass is 10.1. The molecule has 3 rings (SSSR count). The van der Waals surface area contributed by atoms with Gasteiger partial charge in [-0.2, -0.15) is 5.10 Å². The van der Waals surface area contributed by atoms with Crippen molar-refractivity contribution in [3.63, 3.8) is 0 Å². The SMILES string of the molecule is COc1ccc(C2=NN(Cc3ccc(NS(C)(=O)=O)cc3)C(=O)SC2)cc1OC. The number of anilines is 1. The Hall–Kier alpha value is -2.72. The van der Waals surface area contributed by atoms with Crippen LogP contribution < -0.4 is 14.2 Å². The van der Waals surface area contributed by atoms with Crippen LogP contribution in [0.3, 0.4) is 0 Å². The maximum Gasteiger partial charge on any atom is 0.302 e. The van der Waals surface area contributed by atoms with Gasteiger partial charge in [0.2, 0.25) is 10.0 Å². The molecule has 0 aliphatic carbocycles. The number of nitrogens with zero attached hydrogens (tertiary/aromatic N) is 2. The number of amides is 1. The number of methoxy groups -OCH3 is 2. The molecule has 1 aliphatic heterocycles. The van der Waals surface area contributed by atoms with Crippen LogP contribution in [-0.4, -0.2) is 50.6 Å². The molecule has 0 radical (unpaired) electrons. The number of hydrogen-bond donors (Lipinski definition) is 1. The highest BCUT2D eigenvalue weighted by Crippen LogP contribution is 2.30. The minimum absolute atomic E-state index is 0.146. The van der Waals surface area contributed by atoms with Gasteiger partial charge in [-0.15, -0.1) is 0 Å². The molecular formula is C19H21N3O5S2. The molecule has 29 heavy (non-hydrogen) atoms. The van der Waals surface area contributed by atoms with E-state index in [0.29, 0.717) is 22.9 Å². The normalized spacial score (nSPS) is 14.4. The maximum atomic E-state index is 12.3. The third kappa shape index (κ3) is 5.42. The Morgan fingerprint density at radius 3 is 2.41 bits per heavy atom. The lowest BCUT2D eigenvalue weighted by molar-refractivity contribution is 0.222. The third-order valence-corrected chi connectivity index (χ3v) is 5.57. The first-order valence-electron chi connectivity index (χ1n) is 8.60. The second-order valence-electron chi connectivity index (χ2n) is 6.30. The van der Waals surface area contributed by atoms with Crippen LogP contribution in [0.25, 0.3) is 0 Å². The first kappa shape index (κ1) is 21.0. The molecule has 0 unspecified atom stereocenters. The first-order valence-corrected chi connectivity index (χ1v) is 11.5. The Bertz CT molecular complexity index is 1040. The number of hydrogen-bond acceptors (Lipinski definition) is 7. The van der Waals surface area contributed by atoms with E-state index in [0.717, 1.165) is 23.1 Å². The van der Waals surface area contributed by atoms with E-state index < -0.39 is 10.0 Å². The van der Waals surface area contributed by atoms with Crippen molar-refractivity contribution in [3.8, 4) is 11.5 Å². The van der Waals surface area contributed by atoms with Crippen molar-refractivity contribution in [2.24, 2.45) is 5.10 Å². The zero-order chi connectivity index (χ0) is 21.0. The number of carbonyl (C=O) groups excluding carboxylic acids is 1. The summed E-state index contributed by atoms with van der Waals surface area (Å²) in [5, 5.41) is 5.77. The average molecular weight is 436 g/mol.